The molecule has 0 spiro atoms. The van der Waals surface area contributed by atoms with E-state index in [2.05, 4.69) is 5.32 Å². The fourth-order valence-corrected chi connectivity index (χ4v) is 4.28. The number of aliphatic hydroxyl groups is 1. The van der Waals surface area contributed by atoms with E-state index in [9.17, 15) is 9.90 Å². The standard InChI is InChI=1S/C15H25NO2/c17-9-10-5-1-4-8-13(10)16-15(18)14-11-6-2-3-7-12(11)14/h10-14,17H,1-9H2,(H,16,18). The molecular formula is C15H25NO2. The van der Waals surface area contributed by atoms with E-state index >= 15 is 0 Å². The number of amides is 1. The van der Waals surface area contributed by atoms with Crippen LogP contribution in [0.1, 0.15) is 51.4 Å². The van der Waals surface area contributed by atoms with Gasteiger partial charge in [-0.2, -0.15) is 0 Å². The van der Waals surface area contributed by atoms with E-state index in [-0.39, 0.29) is 18.6 Å². The highest BCUT2D eigenvalue weighted by Crippen LogP contribution is 2.55. The molecule has 0 heterocycles. The zero-order chi connectivity index (χ0) is 12.5. The van der Waals surface area contributed by atoms with Gasteiger partial charge in [0, 0.05) is 24.5 Å². The number of hydrogen-bond acceptors (Lipinski definition) is 2. The zero-order valence-corrected chi connectivity index (χ0v) is 11.1. The molecule has 3 heteroatoms. The van der Waals surface area contributed by atoms with Crippen LogP contribution in [0.25, 0.3) is 0 Å². The van der Waals surface area contributed by atoms with Crippen LogP contribution in [0, 0.1) is 23.7 Å². The molecule has 1 amide bonds. The van der Waals surface area contributed by atoms with Crippen LogP contribution >= 0.6 is 0 Å². The Labute approximate surface area is 109 Å². The summed E-state index contributed by atoms with van der Waals surface area (Å²) in [5.41, 5.74) is 0. The van der Waals surface area contributed by atoms with Gasteiger partial charge in [-0.3, -0.25) is 4.79 Å². The highest BCUT2D eigenvalue weighted by atomic mass is 16.3. The van der Waals surface area contributed by atoms with Crippen LogP contribution in [0.4, 0.5) is 0 Å². The molecule has 18 heavy (non-hydrogen) atoms. The van der Waals surface area contributed by atoms with E-state index < -0.39 is 0 Å². The minimum atomic E-state index is 0.225. The van der Waals surface area contributed by atoms with Gasteiger partial charge < -0.3 is 10.4 Å². The first kappa shape index (κ1) is 12.5. The van der Waals surface area contributed by atoms with Gasteiger partial charge >= 0.3 is 0 Å². The van der Waals surface area contributed by atoms with E-state index in [1.165, 1.54) is 38.5 Å². The normalized spacial score (nSPS) is 43.1. The molecule has 4 unspecified atom stereocenters. The Bertz CT molecular complexity index is 306. The predicted octanol–water partition coefficient (Wildman–Crippen LogP) is 2.09. The quantitative estimate of drug-likeness (QED) is 0.807. The molecule has 102 valence electrons. The molecule has 0 aromatic heterocycles. The predicted molar refractivity (Wildman–Crippen MR) is 69.9 cm³/mol. The van der Waals surface area contributed by atoms with Crippen LogP contribution in [0.15, 0.2) is 0 Å². The van der Waals surface area contributed by atoms with E-state index in [0.717, 1.165) is 12.8 Å². The van der Waals surface area contributed by atoms with Gasteiger partial charge in [-0.1, -0.05) is 25.7 Å². The van der Waals surface area contributed by atoms with Crippen molar-refractivity contribution in [3.8, 4) is 0 Å². The summed E-state index contributed by atoms with van der Waals surface area (Å²) in [4.78, 5) is 12.3. The molecule has 0 aromatic carbocycles. The van der Waals surface area contributed by atoms with Gasteiger partial charge in [0.15, 0.2) is 0 Å². The minimum Gasteiger partial charge on any atom is -0.396 e. The van der Waals surface area contributed by atoms with Gasteiger partial charge in [0.1, 0.15) is 0 Å². The number of fused-ring (bicyclic) bond motifs is 1. The smallest absolute Gasteiger partial charge is 0.223 e. The number of carbonyl (C=O) groups is 1. The molecule has 0 radical (unpaired) electrons. The first-order valence-corrected chi connectivity index (χ1v) is 7.72. The molecule has 0 aromatic rings. The summed E-state index contributed by atoms with van der Waals surface area (Å²) >= 11 is 0. The van der Waals surface area contributed by atoms with Crippen molar-refractivity contribution in [3.05, 3.63) is 0 Å². The average molecular weight is 251 g/mol. The largest absolute Gasteiger partial charge is 0.396 e. The molecule has 3 aliphatic rings. The molecule has 3 nitrogen and oxygen atoms in total. The van der Waals surface area contributed by atoms with Gasteiger partial charge in [0.05, 0.1) is 0 Å². The van der Waals surface area contributed by atoms with Crippen molar-refractivity contribution in [2.75, 3.05) is 6.61 Å². The molecule has 0 bridgehead atoms. The molecule has 2 N–H and O–H groups in total. The topological polar surface area (TPSA) is 49.3 Å². The van der Waals surface area contributed by atoms with Crippen LogP contribution in [-0.2, 0) is 4.79 Å². The van der Waals surface area contributed by atoms with Crippen molar-refractivity contribution in [2.24, 2.45) is 23.7 Å². The summed E-state index contributed by atoms with van der Waals surface area (Å²) < 4.78 is 0. The zero-order valence-electron chi connectivity index (χ0n) is 11.1. The molecule has 3 rings (SSSR count). The summed E-state index contributed by atoms with van der Waals surface area (Å²) in [5, 5.41) is 12.6. The van der Waals surface area contributed by atoms with E-state index in [4.69, 9.17) is 0 Å². The van der Waals surface area contributed by atoms with Crippen molar-refractivity contribution in [1.29, 1.82) is 0 Å². The van der Waals surface area contributed by atoms with Gasteiger partial charge in [-0.05, 0) is 37.5 Å². The second kappa shape index (κ2) is 5.20. The van der Waals surface area contributed by atoms with Crippen molar-refractivity contribution >= 4 is 5.91 Å². The van der Waals surface area contributed by atoms with Gasteiger partial charge in [-0.25, -0.2) is 0 Å². The lowest BCUT2D eigenvalue weighted by molar-refractivity contribution is -0.124. The Morgan fingerprint density at radius 3 is 2.28 bits per heavy atom. The van der Waals surface area contributed by atoms with Crippen LogP contribution in [0.5, 0.6) is 0 Å². The maximum absolute atomic E-state index is 12.3. The number of nitrogens with one attached hydrogen (secondary N) is 1. The van der Waals surface area contributed by atoms with Crippen molar-refractivity contribution < 1.29 is 9.90 Å². The van der Waals surface area contributed by atoms with E-state index in [0.29, 0.717) is 23.7 Å². The number of carbonyl (C=O) groups excluding carboxylic acids is 1. The first-order valence-electron chi connectivity index (χ1n) is 7.72. The van der Waals surface area contributed by atoms with Crippen LogP contribution in [-0.4, -0.2) is 23.7 Å². The second-order valence-electron chi connectivity index (χ2n) is 6.48. The minimum absolute atomic E-state index is 0.225. The summed E-state index contributed by atoms with van der Waals surface area (Å²) in [6.07, 6.45) is 9.66. The molecule has 4 atom stereocenters. The van der Waals surface area contributed by atoms with Gasteiger partial charge in [0.25, 0.3) is 0 Å². The number of hydrogen-bond donors (Lipinski definition) is 2. The van der Waals surface area contributed by atoms with Crippen molar-refractivity contribution in [3.63, 3.8) is 0 Å². The maximum Gasteiger partial charge on any atom is 0.223 e. The third kappa shape index (κ3) is 2.29. The average Bonchev–Trinajstić information content (AvgIpc) is 3.13. The van der Waals surface area contributed by atoms with E-state index in [1.54, 1.807) is 0 Å². The first-order chi connectivity index (χ1) is 8.81. The Hall–Kier alpha value is -0.570. The second-order valence-corrected chi connectivity index (χ2v) is 6.48. The van der Waals surface area contributed by atoms with Crippen LogP contribution in [0.2, 0.25) is 0 Å². The fourth-order valence-electron chi connectivity index (χ4n) is 4.28. The lowest BCUT2D eigenvalue weighted by Gasteiger charge is -2.31. The Balaban J connectivity index is 1.54. The molecule has 0 aliphatic heterocycles. The Morgan fingerprint density at radius 1 is 1.00 bits per heavy atom. The van der Waals surface area contributed by atoms with Crippen LogP contribution < -0.4 is 5.32 Å². The SMILES string of the molecule is O=C(NC1CCCCC1CO)C1C2CCCCC21. The van der Waals surface area contributed by atoms with Gasteiger partial charge in [0.2, 0.25) is 5.91 Å². The number of rotatable bonds is 3. The van der Waals surface area contributed by atoms with Crippen LogP contribution in [0.3, 0.4) is 0 Å². The molecule has 3 aliphatic carbocycles. The van der Waals surface area contributed by atoms with Gasteiger partial charge in [-0.15, -0.1) is 0 Å². The Morgan fingerprint density at radius 2 is 1.61 bits per heavy atom. The third-order valence-corrected chi connectivity index (χ3v) is 5.43. The number of aliphatic hydroxyl groups excluding tert-OH is 1. The third-order valence-electron chi connectivity index (χ3n) is 5.43. The monoisotopic (exact) mass is 251 g/mol. The highest BCUT2D eigenvalue weighted by molar-refractivity contribution is 5.82. The lowest BCUT2D eigenvalue weighted by atomic mass is 9.85. The summed E-state index contributed by atoms with van der Waals surface area (Å²) in [6.45, 7) is 0.225. The summed E-state index contributed by atoms with van der Waals surface area (Å²) in [5.74, 6) is 2.28. The molecular weight excluding hydrogens is 226 g/mol. The van der Waals surface area contributed by atoms with E-state index in [1.807, 2.05) is 0 Å². The summed E-state index contributed by atoms with van der Waals surface area (Å²) in [6, 6.07) is 0.235. The van der Waals surface area contributed by atoms with Crippen molar-refractivity contribution in [2.45, 2.75) is 57.4 Å². The maximum atomic E-state index is 12.3. The molecule has 3 saturated carbocycles. The Kier molecular flexibility index (Phi) is 3.60. The molecule has 3 fully saturated rings. The fraction of sp³-hybridized carbons (Fsp3) is 0.933. The molecule has 0 saturated heterocycles. The summed E-state index contributed by atoms with van der Waals surface area (Å²) in [7, 11) is 0. The highest BCUT2D eigenvalue weighted by Gasteiger charge is 2.54. The van der Waals surface area contributed by atoms with Crippen molar-refractivity contribution in [1.82, 2.24) is 5.32 Å². The lowest BCUT2D eigenvalue weighted by Crippen LogP contribution is -2.44.